The number of nitrogens with zero attached hydrogens (tertiary/aromatic N) is 4. The van der Waals surface area contributed by atoms with Gasteiger partial charge in [0.1, 0.15) is 11.5 Å². The standard InChI is InChI=1S/C25H20FN5O2/c26-21-8-2-17(15-22(21)27)1-7-20-16-28-24-10-9-23(29-31(20)24)18-3-5-19(6-4-18)25(32)30-11-13-33-14-12-30/h2-6,8-10,15-16H,11-14,27H2. The van der Waals surface area contributed by atoms with Crippen molar-refractivity contribution < 1.29 is 13.9 Å². The minimum Gasteiger partial charge on any atom is -0.396 e. The van der Waals surface area contributed by atoms with E-state index in [9.17, 15) is 9.18 Å². The quantitative estimate of drug-likeness (QED) is 0.382. The van der Waals surface area contributed by atoms with E-state index in [-0.39, 0.29) is 11.6 Å². The topological polar surface area (TPSA) is 85.8 Å². The molecule has 0 unspecified atom stereocenters. The smallest absolute Gasteiger partial charge is 0.254 e. The monoisotopic (exact) mass is 441 g/mol. The number of benzene rings is 2. The van der Waals surface area contributed by atoms with Crippen LogP contribution in [0, 0.1) is 17.7 Å². The van der Waals surface area contributed by atoms with E-state index in [1.807, 2.05) is 36.4 Å². The predicted octanol–water partition coefficient (Wildman–Crippen LogP) is 2.99. The Hall–Kier alpha value is -4.22. The van der Waals surface area contributed by atoms with Crippen LogP contribution in [0.4, 0.5) is 10.1 Å². The second-order valence-corrected chi connectivity index (χ2v) is 7.60. The third kappa shape index (κ3) is 4.27. The maximum Gasteiger partial charge on any atom is 0.254 e. The highest BCUT2D eigenvalue weighted by Crippen LogP contribution is 2.20. The molecule has 1 aliphatic rings. The van der Waals surface area contributed by atoms with Crippen molar-refractivity contribution in [1.29, 1.82) is 0 Å². The van der Waals surface area contributed by atoms with Crippen molar-refractivity contribution in [2.45, 2.75) is 0 Å². The fourth-order valence-electron chi connectivity index (χ4n) is 3.60. The maximum absolute atomic E-state index is 13.4. The molecule has 1 fully saturated rings. The molecular formula is C25H20FN5O2. The fourth-order valence-corrected chi connectivity index (χ4v) is 3.60. The summed E-state index contributed by atoms with van der Waals surface area (Å²) in [7, 11) is 0. The number of fused-ring (bicyclic) bond motifs is 1. The molecule has 0 spiro atoms. The van der Waals surface area contributed by atoms with Gasteiger partial charge in [0.25, 0.3) is 5.91 Å². The van der Waals surface area contributed by atoms with Crippen molar-refractivity contribution in [2.75, 3.05) is 32.0 Å². The van der Waals surface area contributed by atoms with Crippen LogP contribution in [0.25, 0.3) is 16.9 Å². The molecule has 7 nitrogen and oxygen atoms in total. The number of ether oxygens (including phenoxy) is 1. The number of anilines is 1. The summed E-state index contributed by atoms with van der Waals surface area (Å²) in [6.07, 6.45) is 1.64. The van der Waals surface area contributed by atoms with E-state index in [4.69, 9.17) is 10.5 Å². The molecule has 0 aliphatic carbocycles. The third-order valence-corrected chi connectivity index (χ3v) is 5.42. The van der Waals surface area contributed by atoms with Crippen molar-refractivity contribution >= 4 is 17.2 Å². The third-order valence-electron chi connectivity index (χ3n) is 5.42. The molecule has 4 aromatic rings. The first-order chi connectivity index (χ1) is 16.1. The number of hydrogen-bond acceptors (Lipinski definition) is 5. The van der Waals surface area contributed by atoms with Crippen molar-refractivity contribution in [1.82, 2.24) is 19.5 Å². The van der Waals surface area contributed by atoms with Gasteiger partial charge in [-0.2, -0.15) is 5.10 Å². The first kappa shape index (κ1) is 20.7. The number of halogens is 1. The Morgan fingerprint density at radius 3 is 2.58 bits per heavy atom. The van der Waals surface area contributed by atoms with Gasteiger partial charge in [-0.05, 0) is 48.4 Å². The van der Waals surface area contributed by atoms with Crippen LogP contribution >= 0.6 is 0 Å². The molecule has 2 aromatic carbocycles. The molecule has 0 radical (unpaired) electrons. The summed E-state index contributed by atoms with van der Waals surface area (Å²) in [5, 5.41) is 4.67. The van der Waals surface area contributed by atoms with Gasteiger partial charge in [0.05, 0.1) is 30.8 Å². The Bertz CT molecular complexity index is 1400. The van der Waals surface area contributed by atoms with Gasteiger partial charge in [0.15, 0.2) is 5.65 Å². The number of carbonyl (C=O) groups is 1. The normalized spacial score (nSPS) is 13.5. The molecule has 5 rings (SSSR count). The molecule has 1 saturated heterocycles. The number of imidazole rings is 1. The second kappa shape index (κ2) is 8.73. The van der Waals surface area contributed by atoms with Crippen LogP contribution in [0.3, 0.4) is 0 Å². The molecule has 1 aliphatic heterocycles. The Labute approximate surface area is 189 Å². The summed E-state index contributed by atoms with van der Waals surface area (Å²) in [4.78, 5) is 18.8. The molecule has 2 aromatic heterocycles. The summed E-state index contributed by atoms with van der Waals surface area (Å²) in [5.41, 5.74) is 9.73. The fraction of sp³-hybridized carbons (Fsp3) is 0.160. The highest BCUT2D eigenvalue weighted by atomic mass is 19.1. The molecule has 1 amide bonds. The first-order valence-electron chi connectivity index (χ1n) is 10.5. The molecule has 0 atom stereocenters. The number of aromatic nitrogens is 3. The molecule has 0 saturated carbocycles. The van der Waals surface area contributed by atoms with Gasteiger partial charge >= 0.3 is 0 Å². The van der Waals surface area contributed by atoms with E-state index >= 15 is 0 Å². The van der Waals surface area contributed by atoms with E-state index in [1.54, 1.807) is 21.7 Å². The zero-order valence-corrected chi connectivity index (χ0v) is 17.7. The van der Waals surface area contributed by atoms with Crippen LogP contribution in [-0.2, 0) is 4.74 Å². The predicted molar refractivity (Wildman–Crippen MR) is 122 cm³/mol. The van der Waals surface area contributed by atoms with E-state index in [0.29, 0.717) is 48.8 Å². The van der Waals surface area contributed by atoms with E-state index in [1.165, 1.54) is 12.1 Å². The van der Waals surface area contributed by atoms with Gasteiger partial charge in [0.2, 0.25) is 0 Å². The summed E-state index contributed by atoms with van der Waals surface area (Å²) in [6, 6.07) is 15.5. The van der Waals surface area contributed by atoms with Gasteiger partial charge < -0.3 is 15.4 Å². The van der Waals surface area contributed by atoms with E-state index in [2.05, 4.69) is 21.9 Å². The minimum atomic E-state index is -0.473. The van der Waals surface area contributed by atoms with Crippen LogP contribution in [0.15, 0.2) is 60.8 Å². The van der Waals surface area contributed by atoms with Gasteiger partial charge in [-0.15, -0.1) is 0 Å². The number of morpholine rings is 1. The molecule has 0 bridgehead atoms. The minimum absolute atomic E-state index is 0.00172. The SMILES string of the molecule is Nc1cc(C#Cc2cnc3ccc(-c4ccc(C(=O)N5CCOCC5)cc4)nn23)ccc1F. The van der Waals surface area contributed by atoms with Crippen LogP contribution < -0.4 is 5.73 Å². The van der Waals surface area contributed by atoms with E-state index < -0.39 is 5.82 Å². The van der Waals surface area contributed by atoms with Crippen molar-refractivity contribution in [2.24, 2.45) is 0 Å². The average Bonchev–Trinajstić information content (AvgIpc) is 3.27. The lowest BCUT2D eigenvalue weighted by atomic mass is 10.1. The molecule has 3 heterocycles. The summed E-state index contributed by atoms with van der Waals surface area (Å²) in [5.74, 6) is 5.52. The first-order valence-corrected chi connectivity index (χ1v) is 10.5. The number of rotatable bonds is 2. The highest BCUT2D eigenvalue weighted by molar-refractivity contribution is 5.94. The summed E-state index contributed by atoms with van der Waals surface area (Å²) < 4.78 is 20.3. The zero-order valence-electron chi connectivity index (χ0n) is 17.7. The van der Waals surface area contributed by atoms with Gasteiger partial charge in [0, 0.05) is 29.8 Å². The molecular weight excluding hydrogens is 421 g/mol. The lowest BCUT2D eigenvalue weighted by Gasteiger charge is -2.26. The maximum atomic E-state index is 13.4. The molecule has 8 heteroatoms. The molecule has 33 heavy (non-hydrogen) atoms. The average molecular weight is 441 g/mol. The van der Waals surface area contributed by atoms with Crippen LogP contribution in [-0.4, -0.2) is 51.7 Å². The summed E-state index contributed by atoms with van der Waals surface area (Å²) in [6.45, 7) is 2.35. The number of amides is 1. The zero-order chi connectivity index (χ0) is 22.8. The number of nitrogen functional groups attached to an aromatic ring is 1. The Morgan fingerprint density at radius 2 is 1.82 bits per heavy atom. The molecule has 164 valence electrons. The lowest BCUT2D eigenvalue weighted by molar-refractivity contribution is 0.0303. The Balaban J connectivity index is 1.41. The van der Waals surface area contributed by atoms with Gasteiger partial charge in [-0.25, -0.2) is 13.9 Å². The van der Waals surface area contributed by atoms with Crippen LogP contribution in [0.5, 0.6) is 0 Å². The van der Waals surface area contributed by atoms with Gasteiger partial charge in [-0.1, -0.05) is 18.1 Å². The Kier molecular flexibility index (Phi) is 5.47. The number of nitrogens with two attached hydrogens (primary N) is 1. The van der Waals surface area contributed by atoms with E-state index in [0.717, 1.165) is 11.3 Å². The van der Waals surface area contributed by atoms with Crippen molar-refractivity contribution in [3.05, 3.63) is 83.4 Å². The largest absolute Gasteiger partial charge is 0.396 e. The van der Waals surface area contributed by atoms with Crippen molar-refractivity contribution in [3.8, 4) is 23.1 Å². The Morgan fingerprint density at radius 1 is 1.03 bits per heavy atom. The highest BCUT2D eigenvalue weighted by Gasteiger charge is 2.18. The lowest BCUT2D eigenvalue weighted by Crippen LogP contribution is -2.40. The van der Waals surface area contributed by atoms with Gasteiger partial charge in [-0.3, -0.25) is 4.79 Å². The number of hydrogen-bond donors (Lipinski definition) is 1. The number of carbonyl (C=O) groups excluding carboxylic acids is 1. The second-order valence-electron chi connectivity index (χ2n) is 7.60. The van der Waals surface area contributed by atoms with Crippen molar-refractivity contribution in [3.63, 3.8) is 0 Å². The van der Waals surface area contributed by atoms with Crippen LogP contribution in [0.2, 0.25) is 0 Å². The molecule has 2 N–H and O–H groups in total. The van der Waals surface area contributed by atoms with Crippen LogP contribution in [0.1, 0.15) is 21.6 Å². The summed E-state index contributed by atoms with van der Waals surface area (Å²) >= 11 is 0.